The van der Waals surface area contributed by atoms with Crippen LogP contribution < -0.4 is 0 Å². The molecule has 0 N–H and O–H groups in total. The molecule has 0 heterocycles. The average Bonchev–Trinajstić information content (AvgIpc) is 2.95. The molecule has 4 aromatic carbocycles. The Morgan fingerprint density at radius 2 is 0.967 bits per heavy atom. The summed E-state index contributed by atoms with van der Waals surface area (Å²) in [7, 11) is 0. The average molecular weight is 389 g/mol. The van der Waals surface area contributed by atoms with Crippen LogP contribution in [0.25, 0.3) is 33.7 Å². The lowest BCUT2D eigenvalue weighted by molar-refractivity contribution is -0.112. The first kappa shape index (κ1) is 18.6. The highest BCUT2D eigenvalue weighted by molar-refractivity contribution is 6.13. The van der Waals surface area contributed by atoms with E-state index in [-0.39, 0.29) is 5.78 Å². The van der Waals surface area contributed by atoms with Crippen LogP contribution in [0.1, 0.15) is 36.8 Å². The second-order valence-corrected chi connectivity index (χ2v) is 8.09. The molecule has 0 unspecified atom stereocenters. The minimum absolute atomic E-state index is 0.203. The standard InChI is InChI=1S/C29H24O/c30-29-27(19-21-13-15-23-7-1-3-9-25(23)17-21)11-5-6-12-28(29)20-22-14-16-24-8-2-4-10-26(24)18-22/h1-4,7-10,13-20H,5-6,11-12H2/b27-19+,28-20+. The van der Waals surface area contributed by atoms with Crippen molar-refractivity contribution in [1.82, 2.24) is 0 Å². The minimum Gasteiger partial charge on any atom is -0.289 e. The molecule has 1 nitrogen and oxygen atoms in total. The van der Waals surface area contributed by atoms with Crippen LogP contribution in [0, 0.1) is 0 Å². The zero-order chi connectivity index (χ0) is 20.3. The predicted molar refractivity (Wildman–Crippen MR) is 127 cm³/mol. The van der Waals surface area contributed by atoms with Crippen LogP contribution in [0.4, 0.5) is 0 Å². The van der Waals surface area contributed by atoms with Crippen LogP contribution >= 0.6 is 0 Å². The van der Waals surface area contributed by atoms with Gasteiger partial charge in [-0.15, -0.1) is 0 Å². The third kappa shape index (κ3) is 3.84. The monoisotopic (exact) mass is 388 g/mol. The Morgan fingerprint density at radius 3 is 1.43 bits per heavy atom. The fourth-order valence-corrected chi connectivity index (χ4v) is 4.34. The van der Waals surface area contributed by atoms with Gasteiger partial charge in [0.25, 0.3) is 0 Å². The van der Waals surface area contributed by atoms with Crippen LogP contribution in [-0.2, 0) is 4.79 Å². The predicted octanol–water partition coefficient (Wildman–Crippen LogP) is 7.60. The summed E-state index contributed by atoms with van der Waals surface area (Å²) in [5.74, 6) is 0.203. The molecule has 0 saturated heterocycles. The maximum Gasteiger partial charge on any atom is 0.185 e. The smallest absolute Gasteiger partial charge is 0.185 e. The third-order valence-electron chi connectivity index (χ3n) is 5.95. The number of benzene rings is 4. The van der Waals surface area contributed by atoms with E-state index in [0.29, 0.717) is 0 Å². The Bertz CT molecular complexity index is 1210. The topological polar surface area (TPSA) is 17.1 Å². The Labute approximate surface area is 177 Å². The molecule has 30 heavy (non-hydrogen) atoms. The maximum atomic E-state index is 13.3. The highest BCUT2D eigenvalue weighted by Crippen LogP contribution is 2.28. The SMILES string of the molecule is O=C1/C(=C/c2ccc3ccccc3c2)CCCC/C1=C\c1ccc2ccccc2c1. The second-order valence-electron chi connectivity index (χ2n) is 8.09. The van der Waals surface area contributed by atoms with E-state index >= 15 is 0 Å². The fraction of sp³-hybridized carbons (Fsp3) is 0.138. The summed E-state index contributed by atoms with van der Waals surface area (Å²) in [5, 5.41) is 4.87. The van der Waals surface area contributed by atoms with Crippen molar-refractivity contribution in [3.8, 4) is 0 Å². The number of hydrogen-bond donors (Lipinski definition) is 0. The molecular formula is C29H24O. The number of Topliss-reactive ketones (excluding diaryl/α,β-unsaturated/α-hetero) is 1. The van der Waals surface area contributed by atoms with Crippen molar-refractivity contribution in [2.24, 2.45) is 0 Å². The number of rotatable bonds is 2. The van der Waals surface area contributed by atoms with Crippen LogP contribution in [0.3, 0.4) is 0 Å². The van der Waals surface area contributed by atoms with Gasteiger partial charge in [-0.1, -0.05) is 72.8 Å². The second kappa shape index (κ2) is 8.12. The van der Waals surface area contributed by atoms with Gasteiger partial charge in [0.2, 0.25) is 0 Å². The molecule has 0 aromatic heterocycles. The summed E-state index contributed by atoms with van der Waals surface area (Å²) in [5.41, 5.74) is 4.05. The highest BCUT2D eigenvalue weighted by Gasteiger charge is 2.19. The molecule has 0 bridgehead atoms. The maximum absolute atomic E-state index is 13.3. The van der Waals surface area contributed by atoms with Gasteiger partial charge in [-0.05, 0) is 82.6 Å². The first-order chi connectivity index (χ1) is 14.8. The molecule has 1 aliphatic carbocycles. The van der Waals surface area contributed by atoms with Gasteiger partial charge >= 0.3 is 0 Å². The zero-order valence-corrected chi connectivity index (χ0v) is 17.0. The van der Waals surface area contributed by atoms with Crippen molar-refractivity contribution in [3.05, 3.63) is 107 Å². The van der Waals surface area contributed by atoms with Gasteiger partial charge in [0, 0.05) is 11.1 Å². The normalized spacial score (nSPS) is 17.7. The van der Waals surface area contributed by atoms with Gasteiger partial charge in [-0.2, -0.15) is 0 Å². The molecule has 0 atom stereocenters. The number of hydrogen-bond acceptors (Lipinski definition) is 1. The van der Waals surface area contributed by atoms with E-state index in [2.05, 4.69) is 97.1 Å². The van der Waals surface area contributed by atoms with E-state index in [1.807, 2.05) is 0 Å². The third-order valence-corrected chi connectivity index (χ3v) is 5.95. The molecular weight excluding hydrogens is 364 g/mol. The van der Waals surface area contributed by atoms with Gasteiger partial charge in [-0.3, -0.25) is 4.79 Å². The van der Waals surface area contributed by atoms with Gasteiger partial charge in [-0.25, -0.2) is 0 Å². The van der Waals surface area contributed by atoms with Gasteiger partial charge in [0.05, 0.1) is 0 Å². The molecule has 1 aliphatic rings. The van der Waals surface area contributed by atoms with Crippen molar-refractivity contribution in [3.63, 3.8) is 0 Å². The first-order valence-corrected chi connectivity index (χ1v) is 10.7. The molecule has 0 amide bonds. The minimum atomic E-state index is 0.203. The summed E-state index contributed by atoms with van der Waals surface area (Å²) in [6.45, 7) is 0. The fourth-order valence-electron chi connectivity index (χ4n) is 4.34. The molecule has 4 aromatic rings. The lowest BCUT2D eigenvalue weighted by Gasteiger charge is -2.07. The van der Waals surface area contributed by atoms with Crippen LogP contribution in [0.5, 0.6) is 0 Å². The number of ketones is 1. The molecule has 1 fully saturated rings. The summed E-state index contributed by atoms with van der Waals surface area (Å²) in [6.07, 6.45) is 7.99. The number of carbonyl (C=O) groups is 1. The largest absolute Gasteiger partial charge is 0.289 e. The number of carbonyl (C=O) groups excluding carboxylic acids is 1. The summed E-state index contributed by atoms with van der Waals surface area (Å²) in [6, 6.07) is 29.5. The van der Waals surface area contributed by atoms with Crippen molar-refractivity contribution >= 4 is 39.5 Å². The zero-order valence-electron chi connectivity index (χ0n) is 17.0. The van der Waals surface area contributed by atoms with Crippen molar-refractivity contribution in [1.29, 1.82) is 0 Å². The van der Waals surface area contributed by atoms with E-state index < -0.39 is 0 Å². The summed E-state index contributed by atoms with van der Waals surface area (Å²) in [4.78, 5) is 13.3. The Morgan fingerprint density at radius 1 is 0.533 bits per heavy atom. The van der Waals surface area contributed by atoms with E-state index in [0.717, 1.165) is 48.0 Å². The number of allylic oxidation sites excluding steroid dienone is 2. The van der Waals surface area contributed by atoms with E-state index in [1.54, 1.807) is 0 Å². The molecule has 1 heteroatoms. The van der Waals surface area contributed by atoms with Crippen LogP contribution in [0.2, 0.25) is 0 Å². The molecule has 0 spiro atoms. The molecule has 5 rings (SSSR count). The Balaban J connectivity index is 1.49. The summed E-state index contributed by atoms with van der Waals surface area (Å²) >= 11 is 0. The van der Waals surface area contributed by atoms with Gasteiger partial charge < -0.3 is 0 Å². The highest BCUT2D eigenvalue weighted by atomic mass is 16.1. The molecule has 146 valence electrons. The van der Waals surface area contributed by atoms with Crippen molar-refractivity contribution in [2.75, 3.05) is 0 Å². The van der Waals surface area contributed by atoms with Gasteiger partial charge in [0.1, 0.15) is 0 Å². The van der Waals surface area contributed by atoms with Crippen LogP contribution in [0.15, 0.2) is 96.1 Å². The van der Waals surface area contributed by atoms with E-state index in [9.17, 15) is 4.79 Å². The first-order valence-electron chi connectivity index (χ1n) is 10.7. The van der Waals surface area contributed by atoms with Gasteiger partial charge in [0.15, 0.2) is 5.78 Å². The lowest BCUT2D eigenvalue weighted by Crippen LogP contribution is -2.04. The van der Waals surface area contributed by atoms with Crippen LogP contribution in [-0.4, -0.2) is 5.78 Å². The molecule has 1 saturated carbocycles. The lowest BCUT2D eigenvalue weighted by atomic mass is 9.96. The van der Waals surface area contributed by atoms with E-state index in [1.165, 1.54) is 21.5 Å². The molecule has 0 radical (unpaired) electrons. The van der Waals surface area contributed by atoms with Crippen molar-refractivity contribution < 1.29 is 4.79 Å². The Hall–Kier alpha value is -3.45. The Kier molecular flexibility index (Phi) is 5.03. The van der Waals surface area contributed by atoms with E-state index in [4.69, 9.17) is 0 Å². The summed E-state index contributed by atoms with van der Waals surface area (Å²) < 4.78 is 0. The quantitative estimate of drug-likeness (QED) is 0.255. The van der Waals surface area contributed by atoms with Crippen molar-refractivity contribution in [2.45, 2.75) is 25.7 Å². The molecule has 0 aliphatic heterocycles. The number of fused-ring (bicyclic) bond motifs is 2.